The van der Waals surface area contributed by atoms with Crippen molar-refractivity contribution in [3.63, 3.8) is 0 Å². The highest BCUT2D eigenvalue weighted by Gasteiger charge is 2.11. The van der Waals surface area contributed by atoms with Crippen molar-refractivity contribution >= 4 is 0 Å². The molecule has 0 aromatic heterocycles. The lowest BCUT2D eigenvalue weighted by Crippen LogP contribution is -2.15. The Bertz CT molecular complexity index is 62.2. The average Bonchev–Trinajstić information content (AvgIpc) is 1.91. The molecule has 9 heavy (non-hydrogen) atoms. The van der Waals surface area contributed by atoms with Crippen LogP contribution < -0.4 is 0 Å². The van der Waals surface area contributed by atoms with Crippen LogP contribution in [0, 0.1) is 12.8 Å². The average molecular weight is 126 g/mol. The predicted molar refractivity (Wildman–Crippen MR) is 37.1 cm³/mol. The highest BCUT2D eigenvalue weighted by molar-refractivity contribution is 4.63. The SMILES string of the molecule is [CH]CCC1CCOCC1. The van der Waals surface area contributed by atoms with Gasteiger partial charge in [0.15, 0.2) is 0 Å². The summed E-state index contributed by atoms with van der Waals surface area (Å²) in [6.07, 6.45) is 4.46. The first-order chi connectivity index (χ1) is 4.43. The third-order valence-corrected chi connectivity index (χ3v) is 1.92. The molecule has 1 rings (SSSR count). The van der Waals surface area contributed by atoms with E-state index in [1.54, 1.807) is 0 Å². The Morgan fingerprint density at radius 1 is 1.33 bits per heavy atom. The number of hydrogen-bond donors (Lipinski definition) is 0. The van der Waals surface area contributed by atoms with Gasteiger partial charge in [-0.05, 0) is 38.5 Å². The second-order valence-corrected chi connectivity index (χ2v) is 2.63. The van der Waals surface area contributed by atoms with Crippen LogP contribution in [0.3, 0.4) is 0 Å². The Morgan fingerprint density at radius 3 is 2.56 bits per heavy atom. The minimum Gasteiger partial charge on any atom is -0.381 e. The summed E-state index contributed by atoms with van der Waals surface area (Å²) in [7, 11) is 0. The Kier molecular flexibility index (Phi) is 3.05. The molecular formula is C8H14O. The second kappa shape index (κ2) is 3.89. The van der Waals surface area contributed by atoms with Gasteiger partial charge < -0.3 is 4.74 Å². The van der Waals surface area contributed by atoms with Gasteiger partial charge in [0.25, 0.3) is 0 Å². The van der Waals surface area contributed by atoms with Crippen molar-refractivity contribution in [2.75, 3.05) is 13.2 Å². The van der Waals surface area contributed by atoms with E-state index in [1.165, 1.54) is 19.3 Å². The molecule has 0 unspecified atom stereocenters. The van der Waals surface area contributed by atoms with Crippen molar-refractivity contribution < 1.29 is 4.74 Å². The van der Waals surface area contributed by atoms with Gasteiger partial charge in [0.2, 0.25) is 0 Å². The van der Waals surface area contributed by atoms with Crippen molar-refractivity contribution in [1.82, 2.24) is 0 Å². The summed E-state index contributed by atoms with van der Waals surface area (Å²) in [5.74, 6) is 0.851. The summed E-state index contributed by atoms with van der Waals surface area (Å²) in [6, 6.07) is 0. The van der Waals surface area contributed by atoms with Crippen molar-refractivity contribution in [1.29, 1.82) is 0 Å². The van der Waals surface area contributed by atoms with Gasteiger partial charge in [-0.25, -0.2) is 0 Å². The van der Waals surface area contributed by atoms with E-state index >= 15 is 0 Å². The molecule has 0 saturated carbocycles. The highest BCUT2D eigenvalue weighted by atomic mass is 16.5. The van der Waals surface area contributed by atoms with E-state index < -0.39 is 0 Å². The quantitative estimate of drug-likeness (QED) is 0.549. The Hall–Kier alpha value is -0.0400. The number of hydrogen-bond acceptors (Lipinski definition) is 1. The lowest BCUT2D eigenvalue weighted by molar-refractivity contribution is 0.0642. The smallest absolute Gasteiger partial charge is 0.0468 e. The maximum absolute atomic E-state index is 5.42. The maximum Gasteiger partial charge on any atom is 0.0468 e. The van der Waals surface area contributed by atoms with Gasteiger partial charge >= 0.3 is 0 Å². The summed E-state index contributed by atoms with van der Waals surface area (Å²) >= 11 is 0. The van der Waals surface area contributed by atoms with Crippen LogP contribution in [0.1, 0.15) is 25.7 Å². The minimum absolute atomic E-state index is 0.838. The van der Waals surface area contributed by atoms with E-state index in [0.717, 1.165) is 25.6 Å². The monoisotopic (exact) mass is 126 g/mol. The topological polar surface area (TPSA) is 9.23 Å². The van der Waals surface area contributed by atoms with Crippen LogP contribution in [0.5, 0.6) is 0 Å². The third-order valence-electron chi connectivity index (χ3n) is 1.92. The van der Waals surface area contributed by atoms with Crippen LogP contribution in [-0.2, 0) is 4.74 Å². The molecule has 0 atom stereocenters. The van der Waals surface area contributed by atoms with Gasteiger partial charge in [-0.15, -0.1) is 0 Å². The fourth-order valence-electron chi connectivity index (χ4n) is 1.27. The molecule has 1 fully saturated rings. The molecule has 1 nitrogen and oxygen atoms in total. The fourth-order valence-corrected chi connectivity index (χ4v) is 1.27. The van der Waals surface area contributed by atoms with Gasteiger partial charge in [0.1, 0.15) is 0 Å². The standard InChI is InChI=1S/C8H14O/c1-2-3-8-4-6-9-7-5-8/h1,8H,2-7H2. The van der Waals surface area contributed by atoms with Crippen molar-refractivity contribution in [3.8, 4) is 0 Å². The minimum atomic E-state index is 0.838. The molecule has 1 aliphatic rings. The molecular weight excluding hydrogens is 112 g/mol. The zero-order valence-electron chi connectivity index (χ0n) is 5.81. The third kappa shape index (κ3) is 2.35. The molecule has 0 aromatic rings. The van der Waals surface area contributed by atoms with Crippen LogP contribution in [0.2, 0.25) is 0 Å². The summed E-state index contributed by atoms with van der Waals surface area (Å²) in [5.41, 5.74) is 0. The van der Waals surface area contributed by atoms with Gasteiger partial charge in [0.05, 0.1) is 0 Å². The lowest BCUT2D eigenvalue weighted by atomic mass is 9.95. The van der Waals surface area contributed by atoms with Gasteiger partial charge in [-0.1, -0.05) is 0 Å². The van der Waals surface area contributed by atoms with Crippen LogP contribution in [-0.4, -0.2) is 13.2 Å². The summed E-state index contributed by atoms with van der Waals surface area (Å²) in [6.45, 7) is 7.32. The van der Waals surface area contributed by atoms with Crippen molar-refractivity contribution in [3.05, 3.63) is 6.92 Å². The largest absolute Gasteiger partial charge is 0.381 e. The molecule has 1 aliphatic heterocycles. The molecule has 2 radical (unpaired) electrons. The lowest BCUT2D eigenvalue weighted by Gasteiger charge is -2.20. The normalized spacial score (nSPS) is 22.3. The fraction of sp³-hybridized carbons (Fsp3) is 0.875. The van der Waals surface area contributed by atoms with E-state index in [4.69, 9.17) is 11.7 Å². The first-order valence-corrected chi connectivity index (χ1v) is 3.71. The predicted octanol–water partition coefficient (Wildman–Crippen LogP) is 1.90. The molecule has 0 bridgehead atoms. The van der Waals surface area contributed by atoms with Crippen LogP contribution in [0.4, 0.5) is 0 Å². The first-order valence-electron chi connectivity index (χ1n) is 3.71. The molecule has 0 aromatic carbocycles. The van der Waals surface area contributed by atoms with Crippen molar-refractivity contribution in [2.24, 2.45) is 5.92 Å². The van der Waals surface area contributed by atoms with Gasteiger partial charge in [-0.3, -0.25) is 0 Å². The molecule has 0 N–H and O–H groups in total. The van der Waals surface area contributed by atoms with E-state index in [-0.39, 0.29) is 0 Å². The Labute approximate surface area is 57.4 Å². The maximum atomic E-state index is 5.42. The molecule has 0 spiro atoms. The Morgan fingerprint density at radius 2 is 2.00 bits per heavy atom. The van der Waals surface area contributed by atoms with Crippen LogP contribution in [0.25, 0.3) is 0 Å². The molecule has 52 valence electrons. The molecule has 0 amide bonds. The second-order valence-electron chi connectivity index (χ2n) is 2.63. The summed E-state index contributed by atoms with van der Waals surface area (Å²) < 4.78 is 5.21. The van der Waals surface area contributed by atoms with Crippen LogP contribution >= 0.6 is 0 Å². The highest BCUT2D eigenvalue weighted by Crippen LogP contribution is 2.18. The van der Waals surface area contributed by atoms with E-state index in [9.17, 15) is 0 Å². The number of rotatable bonds is 2. The molecule has 0 aliphatic carbocycles. The molecule has 1 heterocycles. The molecule has 1 heteroatoms. The Balaban J connectivity index is 2.08. The summed E-state index contributed by atoms with van der Waals surface area (Å²) in [4.78, 5) is 0. The van der Waals surface area contributed by atoms with E-state index in [0.29, 0.717) is 0 Å². The van der Waals surface area contributed by atoms with Crippen LogP contribution in [0.15, 0.2) is 0 Å². The first kappa shape index (κ1) is 7.07. The van der Waals surface area contributed by atoms with E-state index in [1.807, 2.05) is 0 Å². The summed E-state index contributed by atoms with van der Waals surface area (Å²) in [5, 5.41) is 0. The molecule has 1 saturated heterocycles. The van der Waals surface area contributed by atoms with E-state index in [2.05, 4.69) is 0 Å². The zero-order valence-corrected chi connectivity index (χ0v) is 5.81. The van der Waals surface area contributed by atoms with Gasteiger partial charge in [-0.2, -0.15) is 0 Å². The van der Waals surface area contributed by atoms with Gasteiger partial charge in [0, 0.05) is 13.2 Å². The zero-order chi connectivity index (χ0) is 6.53. The van der Waals surface area contributed by atoms with Crippen molar-refractivity contribution in [2.45, 2.75) is 25.7 Å². The number of ether oxygens (including phenoxy) is 1.